The summed E-state index contributed by atoms with van der Waals surface area (Å²) in [5.74, 6) is -1.60. The first kappa shape index (κ1) is 17.5. The summed E-state index contributed by atoms with van der Waals surface area (Å²) in [5.41, 5.74) is -2.37. The minimum Gasteiger partial charge on any atom is -0.278 e. The second-order valence-electron chi connectivity index (χ2n) is 14.2. The quantitative estimate of drug-likeness (QED) is 0.175. The second-order valence-corrected chi connectivity index (χ2v) is 14.2. The summed E-state index contributed by atoms with van der Waals surface area (Å²) >= 11 is 0. The van der Waals surface area contributed by atoms with Gasteiger partial charge >= 0.3 is 0 Å². The second kappa shape index (κ2) is 12.7. The monoisotopic (exact) mass is 779 g/mol. The molecule has 3 aromatic heterocycles. The molecule has 3 heterocycles. The number of benzene rings is 8. The van der Waals surface area contributed by atoms with Crippen molar-refractivity contribution in [3.05, 3.63) is 199 Å². The third kappa shape index (κ3) is 5.01. The molecule has 59 heavy (non-hydrogen) atoms. The van der Waals surface area contributed by atoms with Gasteiger partial charge in [-0.2, -0.15) is 15.0 Å². The van der Waals surface area contributed by atoms with E-state index in [1.807, 2.05) is 44.2 Å². The molecule has 8 aromatic carbocycles. The van der Waals surface area contributed by atoms with Gasteiger partial charge in [0.2, 0.25) is 11.9 Å². The van der Waals surface area contributed by atoms with Gasteiger partial charge in [0.1, 0.15) is 0 Å². The number of aromatic nitrogens is 5. The lowest BCUT2D eigenvalue weighted by Gasteiger charge is -2.21. The standard InChI is InChI=1S/C54H37N5/c1-54(2)44-24-12-9-22-42(44)50-43(23-15-25-45(50)54)51-55-52(58-46-26-13-10-20-38(46)39-21-11-14-27-47(39)58)57-53(56-51)59-48-32-36(34-16-5-3-6-17-34)28-30-40(48)41-31-29-37(33-49(41)59)35-18-7-4-8-19-35/h3-33H,1-2H3/i3D,4D,5D,6D,7D,8D,10D,11D,13D,14D,16D,17D,18D,19D,20D,21D,26D,27D,28D,29D,30D,31D,32D,33D. The van der Waals surface area contributed by atoms with Crippen molar-refractivity contribution in [3.8, 4) is 56.7 Å². The van der Waals surface area contributed by atoms with Gasteiger partial charge in [0, 0.05) is 32.5 Å². The third-order valence-corrected chi connectivity index (χ3v) is 10.7. The van der Waals surface area contributed by atoms with Gasteiger partial charge in [-0.25, -0.2) is 0 Å². The molecule has 0 spiro atoms. The number of rotatable bonds is 5. The maximum absolute atomic E-state index is 10.1. The molecule has 0 fully saturated rings. The van der Waals surface area contributed by atoms with E-state index in [2.05, 4.69) is 0 Å². The van der Waals surface area contributed by atoms with Crippen molar-refractivity contribution < 1.29 is 32.9 Å². The van der Waals surface area contributed by atoms with Crippen LogP contribution in [0.2, 0.25) is 0 Å². The van der Waals surface area contributed by atoms with Gasteiger partial charge in [-0.15, -0.1) is 0 Å². The van der Waals surface area contributed by atoms with Crippen LogP contribution in [0, 0.1) is 0 Å². The minimum atomic E-state index is -0.904. The zero-order valence-electron chi connectivity index (χ0n) is 54.8. The molecule has 5 heteroatoms. The Kier molecular flexibility index (Phi) is 3.76. The molecule has 0 amide bonds. The average molecular weight is 780 g/mol. The van der Waals surface area contributed by atoms with Crippen molar-refractivity contribution in [1.82, 2.24) is 24.1 Å². The largest absolute Gasteiger partial charge is 0.278 e. The normalized spacial score (nSPS) is 18.7. The summed E-state index contributed by atoms with van der Waals surface area (Å²) < 4.78 is 220. The third-order valence-electron chi connectivity index (χ3n) is 10.7. The lowest BCUT2D eigenvalue weighted by Crippen LogP contribution is -2.15. The Bertz CT molecular complexity index is 4610. The summed E-state index contributed by atoms with van der Waals surface area (Å²) in [6.45, 7) is 3.98. The van der Waals surface area contributed by atoms with Gasteiger partial charge in [-0.1, -0.05) is 177 Å². The van der Waals surface area contributed by atoms with E-state index >= 15 is 0 Å². The highest BCUT2D eigenvalue weighted by Gasteiger charge is 2.37. The zero-order valence-corrected chi connectivity index (χ0v) is 30.8. The molecule has 0 aliphatic heterocycles. The molecule has 1 aliphatic carbocycles. The van der Waals surface area contributed by atoms with Crippen LogP contribution in [-0.4, -0.2) is 24.1 Å². The molecule has 0 radical (unpaired) electrons. The SMILES string of the molecule is [2H]c1c([2H])c([2H])c(-c2c([2H])c([2H])c3c4c([2H])c([2H])c(-c5c([2H])c([2H])c([2H])c([2H])c5[2H])c([2H])c4n(-c4nc(-c5cccc6c5-c5ccccc5C6(C)C)nc(-n5c6c([2H])c([2H])c([2H])c([2H])c6c6c([2H])c([2H])c([2H])c([2H])c65)n4)c3c2[2H])c([2H])c1[2H]. The summed E-state index contributed by atoms with van der Waals surface area (Å²) in [4.78, 5) is 14.9. The van der Waals surface area contributed by atoms with Crippen LogP contribution in [0.5, 0.6) is 0 Å². The first-order valence-corrected chi connectivity index (χ1v) is 18.3. The first-order valence-electron chi connectivity index (χ1n) is 30.3. The Morgan fingerprint density at radius 3 is 1.49 bits per heavy atom. The summed E-state index contributed by atoms with van der Waals surface area (Å²) in [6.07, 6.45) is 0. The number of nitrogens with zero attached hydrogens (tertiary/aromatic N) is 5. The van der Waals surface area contributed by atoms with Crippen LogP contribution in [0.4, 0.5) is 0 Å². The minimum absolute atomic E-state index is 0.261. The van der Waals surface area contributed by atoms with Crippen LogP contribution in [0.25, 0.3) is 100 Å². The molecule has 0 N–H and O–H groups in total. The first-order chi connectivity index (χ1) is 39.0. The lowest BCUT2D eigenvalue weighted by molar-refractivity contribution is 0.660. The molecular formula is C54H37N5. The molecule has 1 aliphatic rings. The number of para-hydroxylation sites is 2. The Hall–Kier alpha value is -7.63. The van der Waals surface area contributed by atoms with E-state index in [9.17, 15) is 13.7 Å². The van der Waals surface area contributed by atoms with E-state index in [0.717, 1.165) is 25.8 Å². The van der Waals surface area contributed by atoms with Crippen molar-refractivity contribution in [3.63, 3.8) is 0 Å². The van der Waals surface area contributed by atoms with Gasteiger partial charge in [-0.05, 0) is 68.7 Å². The van der Waals surface area contributed by atoms with Gasteiger partial charge in [-0.3, -0.25) is 9.13 Å². The summed E-state index contributed by atoms with van der Waals surface area (Å²) in [5, 5.41) is -1.78. The molecule has 11 aromatic rings. The molecule has 0 unspecified atom stereocenters. The van der Waals surface area contributed by atoms with E-state index in [0.29, 0.717) is 5.56 Å². The summed E-state index contributed by atoms with van der Waals surface area (Å²) in [7, 11) is 0. The summed E-state index contributed by atoms with van der Waals surface area (Å²) in [6, 6.07) is -7.26. The van der Waals surface area contributed by atoms with Crippen molar-refractivity contribution in [2.75, 3.05) is 0 Å². The Balaban J connectivity index is 1.37. The van der Waals surface area contributed by atoms with E-state index in [4.69, 9.17) is 34.1 Å². The smallest absolute Gasteiger partial charge is 0.240 e. The Morgan fingerprint density at radius 1 is 0.424 bits per heavy atom. The Morgan fingerprint density at radius 2 is 0.898 bits per heavy atom. The predicted octanol–water partition coefficient (Wildman–Crippen LogP) is 13.4. The molecule has 0 saturated heterocycles. The predicted molar refractivity (Wildman–Crippen MR) is 242 cm³/mol. The maximum atomic E-state index is 10.1. The molecule has 0 saturated carbocycles. The zero-order chi connectivity index (χ0) is 60.1. The molecule has 278 valence electrons. The lowest BCUT2D eigenvalue weighted by atomic mass is 9.82. The van der Waals surface area contributed by atoms with E-state index in [1.165, 1.54) is 0 Å². The van der Waals surface area contributed by atoms with Gasteiger partial charge < -0.3 is 0 Å². The highest BCUT2D eigenvalue weighted by Crippen LogP contribution is 2.51. The van der Waals surface area contributed by atoms with Crippen LogP contribution >= 0.6 is 0 Å². The van der Waals surface area contributed by atoms with E-state index in [-0.39, 0.29) is 22.2 Å². The van der Waals surface area contributed by atoms with Crippen LogP contribution in [0.15, 0.2) is 187 Å². The van der Waals surface area contributed by atoms with Crippen LogP contribution in [-0.2, 0) is 5.41 Å². The highest BCUT2D eigenvalue weighted by atomic mass is 15.3. The van der Waals surface area contributed by atoms with Crippen molar-refractivity contribution >= 4 is 43.6 Å². The van der Waals surface area contributed by atoms with Crippen molar-refractivity contribution in [1.29, 1.82) is 0 Å². The van der Waals surface area contributed by atoms with Gasteiger partial charge in [0.25, 0.3) is 0 Å². The fourth-order valence-electron chi connectivity index (χ4n) is 8.04. The molecular weight excluding hydrogens is 719 g/mol. The number of hydrogen-bond donors (Lipinski definition) is 0. The van der Waals surface area contributed by atoms with Crippen LogP contribution < -0.4 is 0 Å². The maximum Gasteiger partial charge on any atom is 0.240 e. The molecule has 5 nitrogen and oxygen atoms in total. The van der Waals surface area contributed by atoms with Crippen molar-refractivity contribution in [2.24, 2.45) is 0 Å². The Labute approximate surface area is 375 Å². The van der Waals surface area contributed by atoms with Crippen LogP contribution in [0.1, 0.15) is 57.9 Å². The molecule has 0 atom stereocenters. The highest BCUT2D eigenvalue weighted by molar-refractivity contribution is 6.11. The fourth-order valence-corrected chi connectivity index (χ4v) is 8.04. The van der Waals surface area contributed by atoms with E-state index < -0.39 is 217 Å². The van der Waals surface area contributed by atoms with Crippen LogP contribution in [0.3, 0.4) is 0 Å². The fraction of sp³-hybridized carbons (Fsp3) is 0.0556. The topological polar surface area (TPSA) is 48.5 Å². The molecule has 12 rings (SSSR count). The van der Waals surface area contributed by atoms with Crippen molar-refractivity contribution in [2.45, 2.75) is 19.3 Å². The molecule has 0 bridgehead atoms. The van der Waals surface area contributed by atoms with Gasteiger partial charge in [0.15, 0.2) is 5.82 Å². The van der Waals surface area contributed by atoms with E-state index in [1.54, 1.807) is 12.1 Å². The number of fused-ring (bicyclic) bond motifs is 9. The number of hydrogen-bond acceptors (Lipinski definition) is 3. The average Bonchev–Trinajstić information content (AvgIpc) is 3.77. The van der Waals surface area contributed by atoms with Gasteiger partial charge in [0.05, 0.1) is 55.0 Å².